The predicted molar refractivity (Wildman–Crippen MR) is 55.2 cm³/mol. The van der Waals surface area contributed by atoms with E-state index in [2.05, 4.69) is 17.0 Å². The fraction of sp³-hybridized carbons (Fsp3) is 0.900. The van der Waals surface area contributed by atoms with Crippen molar-refractivity contribution in [2.75, 3.05) is 27.2 Å². The SMILES string of the molecule is CNC(C)C1CCN(C(=O)OC)CC1. The number of likely N-dealkylation sites (tertiary alicyclic amines) is 1. The van der Waals surface area contributed by atoms with Crippen molar-refractivity contribution in [3.05, 3.63) is 0 Å². The molecule has 1 aliphatic rings. The van der Waals surface area contributed by atoms with Crippen molar-refractivity contribution < 1.29 is 9.53 Å². The highest BCUT2D eigenvalue weighted by atomic mass is 16.5. The summed E-state index contributed by atoms with van der Waals surface area (Å²) in [6.45, 7) is 3.84. The number of carbonyl (C=O) groups excluding carboxylic acids is 1. The average molecular weight is 200 g/mol. The smallest absolute Gasteiger partial charge is 0.409 e. The zero-order valence-corrected chi connectivity index (χ0v) is 9.25. The Kier molecular flexibility index (Phi) is 4.20. The number of piperidine rings is 1. The minimum Gasteiger partial charge on any atom is -0.453 e. The minimum atomic E-state index is -0.194. The zero-order valence-electron chi connectivity index (χ0n) is 9.25. The van der Waals surface area contributed by atoms with E-state index in [0.717, 1.165) is 25.9 Å². The molecule has 0 radical (unpaired) electrons. The van der Waals surface area contributed by atoms with Crippen LogP contribution in [0.3, 0.4) is 0 Å². The Bertz CT molecular complexity index is 189. The number of rotatable bonds is 2. The second kappa shape index (κ2) is 5.20. The standard InChI is InChI=1S/C10H20N2O2/c1-8(11-2)9-4-6-12(7-5-9)10(13)14-3/h8-9,11H,4-7H2,1-3H3. The molecule has 0 aromatic carbocycles. The lowest BCUT2D eigenvalue weighted by Gasteiger charge is -2.33. The summed E-state index contributed by atoms with van der Waals surface area (Å²) >= 11 is 0. The van der Waals surface area contributed by atoms with Gasteiger partial charge in [-0.15, -0.1) is 0 Å². The van der Waals surface area contributed by atoms with Crippen LogP contribution in [0.5, 0.6) is 0 Å². The first kappa shape index (κ1) is 11.3. The van der Waals surface area contributed by atoms with Gasteiger partial charge in [-0.05, 0) is 32.7 Å². The molecule has 14 heavy (non-hydrogen) atoms. The molecule has 1 fully saturated rings. The first-order chi connectivity index (χ1) is 6.69. The van der Waals surface area contributed by atoms with E-state index in [1.54, 1.807) is 4.90 Å². The number of hydrogen-bond acceptors (Lipinski definition) is 3. The van der Waals surface area contributed by atoms with Crippen LogP contribution in [-0.2, 0) is 4.74 Å². The largest absolute Gasteiger partial charge is 0.453 e. The lowest BCUT2D eigenvalue weighted by atomic mass is 9.91. The molecule has 1 atom stereocenters. The van der Waals surface area contributed by atoms with Gasteiger partial charge in [0.15, 0.2) is 0 Å². The summed E-state index contributed by atoms with van der Waals surface area (Å²) in [4.78, 5) is 13.0. The molecule has 1 heterocycles. The van der Waals surface area contributed by atoms with Crippen molar-refractivity contribution >= 4 is 6.09 Å². The van der Waals surface area contributed by atoms with Crippen LogP contribution in [-0.4, -0.2) is 44.3 Å². The predicted octanol–water partition coefficient (Wildman–Crippen LogP) is 1.07. The highest BCUT2D eigenvalue weighted by Gasteiger charge is 2.25. The van der Waals surface area contributed by atoms with Crippen molar-refractivity contribution in [3.63, 3.8) is 0 Å². The zero-order chi connectivity index (χ0) is 10.6. The maximum Gasteiger partial charge on any atom is 0.409 e. The summed E-state index contributed by atoms with van der Waals surface area (Å²) in [5.74, 6) is 0.681. The van der Waals surface area contributed by atoms with Gasteiger partial charge in [0.25, 0.3) is 0 Å². The lowest BCUT2D eigenvalue weighted by Crippen LogP contribution is -2.43. The van der Waals surface area contributed by atoms with Crippen LogP contribution in [0.2, 0.25) is 0 Å². The van der Waals surface area contributed by atoms with Crippen molar-refractivity contribution in [3.8, 4) is 0 Å². The molecule has 1 unspecified atom stereocenters. The Labute approximate surface area is 85.6 Å². The number of hydrogen-bond donors (Lipinski definition) is 1. The number of nitrogens with zero attached hydrogens (tertiary/aromatic N) is 1. The Morgan fingerprint density at radius 3 is 2.50 bits per heavy atom. The van der Waals surface area contributed by atoms with Crippen LogP contribution >= 0.6 is 0 Å². The quantitative estimate of drug-likeness (QED) is 0.725. The molecule has 0 bridgehead atoms. The van der Waals surface area contributed by atoms with Gasteiger partial charge < -0.3 is 15.0 Å². The third kappa shape index (κ3) is 2.61. The number of methoxy groups -OCH3 is 1. The molecule has 0 saturated carbocycles. The molecule has 1 amide bonds. The van der Waals surface area contributed by atoms with E-state index in [1.807, 2.05) is 7.05 Å². The molecule has 1 aliphatic heterocycles. The maximum atomic E-state index is 11.2. The van der Waals surface area contributed by atoms with Gasteiger partial charge in [-0.25, -0.2) is 4.79 Å². The van der Waals surface area contributed by atoms with Gasteiger partial charge >= 0.3 is 6.09 Å². The van der Waals surface area contributed by atoms with Crippen LogP contribution in [0.15, 0.2) is 0 Å². The highest BCUT2D eigenvalue weighted by molar-refractivity contribution is 5.67. The van der Waals surface area contributed by atoms with Gasteiger partial charge in [-0.3, -0.25) is 0 Å². The van der Waals surface area contributed by atoms with E-state index < -0.39 is 0 Å². The molecule has 0 aliphatic carbocycles. The topological polar surface area (TPSA) is 41.6 Å². The van der Waals surface area contributed by atoms with Crippen LogP contribution in [0.1, 0.15) is 19.8 Å². The molecule has 0 spiro atoms. The van der Waals surface area contributed by atoms with Gasteiger partial charge in [0, 0.05) is 19.1 Å². The number of nitrogens with one attached hydrogen (secondary N) is 1. The van der Waals surface area contributed by atoms with E-state index in [1.165, 1.54) is 7.11 Å². The van der Waals surface area contributed by atoms with Crippen LogP contribution < -0.4 is 5.32 Å². The summed E-state index contributed by atoms with van der Waals surface area (Å²) in [5, 5.41) is 3.26. The fourth-order valence-electron chi connectivity index (χ4n) is 1.95. The Balaban J connectivity index is 2.34. The first-order valence-corrected chi connectivity index (χ1v) is 5.19. The molecule has 1 N–H and O–H groups in total. The summed E-state index contributed by atoms with van der Waals surface area (Å²) in [6.07, 6.45) is 1.94. The third-order valence-corrected chi connectivity index (χ3v) is 3.13. The van der Waals surface area contributed by atoms with E-state index in [4.69, 9.17) is 0 Å². The van der Waals surface area contributed by atoms with E-state index >= 15 is 0 Å². The Morgan fingerprint density at radius 1 is 1.50 bits per heavy atom. The van der Waals surface area contributed by atoms with Crippen molar-refractivity contribution in [2.45, 2.75) is 25.8 Å². The summed E-state index contributed by atoms with van der Waals surface area (Å²) in [6, 6.07) is 0.537. The van der Waals surface area contributed by atoms with Gasteiger partial charge in [-0.1, -0.05) is 0 Å². The monoisotopic (exact) mass is 200 g/mol. The molecular weight excluding hydrogens is 180 g/mol. The molecular formula is C10H20N2O2. The fourth-order valence-corrected chi connectivity index (χ4v) is 1.95. The molecule has 0 aromatic rings. The van der Waals surface area contributed by atoms with Crippen LogP contribution in [0.25, 0.3) is 0 Å². The Morgan fingerprint density at radius 2 is 2.07 bits per heavy atom. The van der Waals surface area contributed by atoms with Crippen molar-refractivity contribution in [1.29, 1.82) is 0 Å². The molecule has 4 heteroatoms. The highest BCUT2D eigenvalue weighted by Crippen LogP contribution is 2.20. The van der Waals surface area contributed by atoms with Gasteiger partial charge in [0.05, 0.1) is 7.11 Å². The summed E-state index contributed by atoms with van der Waals surface area (Å²) in [7, 11) is 3.42. The normalized spacial score (nSPS) is 20.6. The molecule has 0 aromatic heterocycles. The van der Waals surface area contributed by atoms with Crippen molar-refractivity contribution in [1.82, 2.24) is 10.2 Å². The van der Waals surface area contributed by atoms with E-state index in [0.29, 0.717) is 12.0 Å². The molecule has 1 rings (SSSR count). The Hall–Kier alpha value is -0.770. The molecule has 82 valence electrons. The van der Waals surface area contributed by atoms with Crippen molar-refractivity contribution in [2.24, 2.45) is 5.92 Å². The first-order valence-electron chi connectivity index (χ1n) is 5.19. The maximum absolute atomic E-state index is 11.2. The van der Waals surface area contributed by atoms with E-state index in [-0.39, 0.29) is 6.09 Å². The number of carbonyl (C=O) groups is 1. The van der Waals surface area contributed by atoms with Crippen LogP contribution in [0, 0.1) is 5.92 Å². The second-order valence-electron chi connectivity index (χ2n) is 3.87. The van der Waals surface area contributed by atoms with E-state index in [9.17, 15) is 4.79 Å². The molecule has 1 saturated heterocycles. The second-order valence-corrected chi connectivity index (χ2v) is 3.87. The van der Waals surface area contributed by atoms with Gasteiger partial charge in [0.2, 0.25) is 0 Å². The van der Waals surface area contributed by atoms with Gasteiger partial charge in [0.1, 0.15) is 0 Å². The summed E-state index contributed by atoms with van der Waals surface area (Å²) in [5.41, 5.74) is 0. The lowest BCUT2D eigenvalue weighted by molar-refractivity contribution is 0.102. The molecule has 4 nitrogen and oxygen atoms in total. The number of amides is 1. The van der Waals surface area contributed by atoms with Crippen LogP contribution in [0.4, 0.5) is 4.79 Å². The average Bonchev–Trinajstić information content (AvgIpc) is 2.27. The third-order valence-electron chi connectivity index (χ3n) is 3.13. The summed E-state index contributed by atoms with van der Waals surface area (Å²) < 4.78 is 4.68. The van der Waals surface area contributed by atoms with Gasteiger partial charge in [-0.2, -0.15) is 0 Å². The minimum absolute atomic E-state index is 0.194. The number of ether oxygens (including phenoxy) is 1.